The number of rotatable bonds is 3. The van der Waals surface area contributed by atoms with Crippen LogP contribution in [0, 0.1) is 5.82 Å². The minimum Gasteiger partial charge on any atom is -0.330 e. The Hall–Kier alpha value is -1.10. The summed E-state index contributed by atoms with van der Waals surface area (Å²) in [6.07, 6.45) is -1.57. The highest BCUT2D eigenvalue weighted by molar-refractivity contribution is 5.35. The van der Waals surface area contributed by atoms with Gasteiger partial charge < -0.3 is 5.73 Å². The van der Waals surface area contributed by atoms with Gasteiger partial charge in [0.05, 0.1) is 5.56 Å². The maximum absolute atomic E-state index is 13.8. The molecule has 0 saturated heterocycles. The first-order chi connectivity index (χ1) is 8.39. The van der Waals surface area contributed by atoms with Gasteiger partial charge in [0.15, 0.2) is 0 Å². The molecule has 5 heteroatoms. The van der Waals surface area contributed by atoms with E-state index in [2.05, 4.69) is 0 Å². The maximum Gasteiger partial charge on any atom is 0.416 e. The molecule has 1 aliphatic rings. The number of nitrogens with two attached hydrogens (primary N) is 1. The van der Waals surface area contributed by atoms with Crippen LogP contribution in [0.25, 0.3) is 0 Å². The second kappa shape index (κ2) is 4.53. The molecule has 0 atom stereocenters. The van der Waals surface area contributed by atoms with Gasteiger partial charge in [0.2, 0.25) is 0 Å². The molecule has 0 spiro atoms. The highest BCUT2D eigenvalue weighted by Crippen LogP contribution is 2.48. The quantitative estimate of drug-likeness (QED) is 0.826. The van der Waals surface area contributed by atoms with Crippen molar-refractivity contribution < 1.29 is 17.6 Å². The Kier molecular flexibility index (Phi) is 3.36. The average Bonchev–Trinajstić information content (AvgIpc) is 2.23. The molecule has 0 unspecified atom stereocenters. The normalized spacial score (nSPS) is 18.5. The molecular weight excluding hydrogens is 246 g/mol. The number of alkyl halides is 3. The predicted octanol–water partition coefficient (Wildman–Crippen LogP) is 3.62. The topological polar surface area (TPSA) is 26.0 Å². The lowest BCUT2D eigenvalue weighted by atomic mass is 9.62. The van der Waals surface area contributed by atoms with E-state index in [1.54, 1.807) is 0 Å². The van der Waals surface area contributed by atoms with Crippen molar-refractivity contribution in [3.05, 3.63) is 35.1 Å². The van der Waals surface area contributed by atoms with Crippen LogP contribution in [0.15, 0.2) is 18.2 Å². The number of halogens is 4. The molecule has 1 aromatic rings. The Labute approximate surface area is 103 Å². The summed E-state index contributed by atoms with van der Waals surface area (Å²) in [6, 6.07) is 2.65. The Morgan fingerprint density at radius 1 is 1.22 bits per heavy atom. The van der Waals surface area contributed by atoms with E-state index in [-0.39, 0.29) is 5.56 Å². The fraction of sp³-hybridized carbons (Fsp3) is 0.538. The van der Waals surface area contributed by atoms with E-state index >= 15 is 0 Å². The number of benzene rings is 1. The number of hydrogen-bond acceptors (Lipinski definition) is 1. The van der Waals surface area contributed by atoms with Gasteiger partial charge in [-0.2, -0.15) is 13.2 Å². The minimum atomic E-state index is -4.43. The molecule has 0 bridgehead atoms. The lowest BCUT2D eigenvalue weighted by molar-refractivity contribution is -0.137. The van der Waals surface area contributed by atoms with Gasteiger partial charge in [0, 0.05) is 0 Å². The van der Waals surface area contributed by atoms with Crippen LogP contribution < -0.4 is 5.73 Å². The monoisotopic (exact) mass is 261 g/mol. The van der Waals surface area contributed by atoms with Crippen LogP contribution in [0.3, 0.4) is 0 Å². The molecule has 1 saturated carbocycles. The summed E-state index contributed by atoms with van der Waals surface area (Å²) in [7, 11) is 0. The summed E-state index contributed by atoms with van der Waals surface area (Å²) in [4.78, 5) is 0. The summed E-state index contributed by atoms with van der Waals surface area (Å²) in [5.74, 6) is -0.559. The maximum atomic E-state index is 13.8. The van der Waals surface area contributed by atoms with Crippen LogP contribution in [0.1, 0.15) is 36.8 Å². The standard InChI is InChI=1S/C13H15F4N/c14-11-3-2-9(13(15,16)17)8-10(11)12(6-7-18)4-1-5-12/h2-3,8H,1,4-7,18H2. The van der Waals surface area contributed by atoms with E-state index in [1.807, 2.05) is 0 Å². The molecular formula is C13H15F4N. The van der Waals surface area contributed by atoms with Crippen molar-refractivity contribution in [1.82, 2.24) is 0 Å². The highest BCUT2D eigenvalue weighted by atomic mass is 19.4. The first kappa shape index (κ1) is 13.3. The van der Waals surface area contributed by atoms with E-state index in [0.29, 0.717) is 25.8 Å². The van der Waals surface area contributed by atoms with Crippen LogP contribution >= 0.6 is 0 Å². The van der Waals surface area contributed by atoms with E-state index in [1.165, 1.54) is 0 Å². The molecule has 1 fully saturated rings. The Morgan fingerprint density at radius 3 is 2.33 bits per heavy atom. The molecule has 1 nitrogen and oxygen atoms in total. The first-order valence-corrected chi connectivity index (χ1v) is 5.96. The molecule has 0 heterocycles. The van der Waals surface area contributed by atoms with Crippen molar-refractivity contribution >= 4 is 0 Å². The van der Waals surface area contributed by atoms with Gasteiger partial charge in [-0.05, 0) is 55.0 Å². The molecule has 2 rings (SSSR count). The summed E-state index contributed by atoms with van der Waals surface area (Å²) < 4.78 is 51.7. The zero-order chi connectivity index (χ0) is 13.4. The van der Waals surface area contributed by atoms with Crippen molar-refractivity contribution in [3.8, 4) is 0 Å². The summed E-state index contributed by atoms with van der Waals surface area (Å²) in [5, 5.41) is 0. The Bertz CT molecular complexity index is 435. The third-order valence-electron chi connectivity index (χ3n) is 3.80. The van der Waals surface area contributed by atoms with Gasteiger partial charge in [-0.3, -0.25) is 0 Å². The third kappa shape index (κ3) is 2.23. The van der Waals surface area contributed by atoms with Gasteiger partial charge in [0.25, 0.3) is 0 Å². The average molecular weight is 261 g/mol. The summed E-state index contributed by atoms with van der Waals surface area (Å²) in [5.41, 5.74) is 4.39. The van der Waals surface area contributed by atoms with Crippen molar-refractivity contribution in [2.24, 2.45) is 5.73 Å². The second-order valence-electron chi connectivity index (χ2n) is 4.86. The van der Waals surface area contributed by atoms with Crippen molar-refractivity contribution in [3.63, 3.8) is 0 Å². The molecule has 2 N–H and O–H groups in total. The SMILES string of the molecule is NCCC1(c2cc(C(F)(F)F)ccc2F)CCC1. The van der Waals surface area contributed by atoms with Crippen LogP contribution in [0.2, 0.25) is 0 Å². The largest absolute Gasteiger partial charge is 0.416 e. The van der Waals surface area contributed by atoms with Gasteiger partial charge in [-0.1, -0.05) is 6.42 Å². The van der Waals surface area contributed by atoms with Crippen molar-refractivity contribution in [2.45, 2.75) is 37.3 Å². The Balaban J connectivity index is 2.43. The Morgan fingerprint density at radius 2 is 1.89 bits per heavy atom. The van der Waals surface area contributed by atoms with E-state index in [4.69, 9.17) is 5.73 Å². The highest BCUT2D eigenvalue weighted by Gasteiger charge is 2.41. The van der Waals surface area contributed by atoms with E-state index in [0.717, 1.165) is 24.6 Å². The minimum absolute atomic E-state index is 0.175. The summed E-state index contributed by atoms with van der Waals surface area (Å²) in [6.45, 7) is 0.357. The molecule has 1 aliphatic carbocycles. The van der Waals surface area contributed by atoms with Gasteiger partial charge >= 0.3 is 6.18 Å². The van der Waals surface area contributed by atoms with Gasteiger partial charge in [0.1, 0.15) is 5.82 Å². The van der Waals surface area contributed by atoms with Crippen LogP contribution in [-0.2, 0) is 11.6 Å². The fourth-order valence-corrected chi connectivity index (χ4v) is 2.64. The molecule has 0 aliphatic heterocycles. The zero-order valence-corrected chi connectivity index (χ0v) is 9.86. The molecule has 0 amide bonds. The second-order valence-corrected chi connectivity index (χ2v) is 4.86. The van der Waals surface area contributed by atoms with Crippen LogP contribution in [0.5, 0.6) is 0 Å². The molecule has 0 radical (unpaired) electrons. The molecule has 1 aromatic carbocycles. The van der Waals surface area contributed by atoms with Crippen LogP contribution in [-0.4, -0.2) is 6.54 Å². The predicted molar refractivity (Wildman–Crippen MR) is 60.6 cm³/mol. The molecule has 18 heavy (non-hydrogen) atoms. The van der Waals surface area contributed by atoms with E-state index < -0.39 is 23.0 Å². The molecule has 100 valence electrons. The smallest absolute Gasteiger partial charge is 0.330 e. The van der Waals surface area contributed by atoms with Crippen molar-refractivity contribution in [2.75, 3.05) is 6.54 Å². The summed E-state index contributed by atoms with van der Waals surface area (Å²) >= 11 is 0. The fourth-order valence-electron chi connectivity index (χ4n) is 2.64. The lowest BCUT2D eigenvalue weighted by Gasteiger charge is -2.42. The van der Waals surface area contributed by atoms with Crippen LogP contribution in [0.4, 0.5) is 17.6 Å². The first-order valence-electron chi connectivity index (χ1n) is 5.96. The van der Waals surface area contributed by atoms with Gasteiger partial charge in [-0.25, -0.2) is 4.39 Å². The number of hydrogen-bond donors (Lipinski definition) is 1. The van der Waals surface area contributed by atoms with Crippen molar-refractivity contribution in [1.29, 1.82) is 0 Å². The lowest BCUT2D eigenvalue weighted by Crippen LogP contribution is -2.37. The zero-order valence-electron chi connectivity index (χ0n) is 9.86. The third-order valence-corrected chi connectivity index (χ3v) is 3.80. The molecule has 0 aromatic heterocycles. The van der Waals surface area contributed by atoms with E-state index in [9.17, 15) is 17.6 Å². The van der Waals surface area contributed by atoms with Gasteiger partial charge in [-0.15, -0.1) is 0 Å².